The van der Waals surface area contributed by atoms with E-state index in [2.05, 4.69) is 26.2 Å². The van der Waals surface area contributed by atoms with Gasteiger partial charge in [0.1, 0.15) is 0 Å². The van der Waals surface area contributed by atoms with Crippen molar-refractivity contribution in [3.05, 3.63) is 52.1 Å². The molecular weight excluding hydrogens is 342 g/mol. The Bertz CT molecular complexity index is 645. The summed E-state index contributed by atoms with van der Waals surface area (Å²) in [6, 6.07) is 6.52. The number of ether oxygens (including phenoxy) is 1. The lowest BCUT2D eigenvalue weighted by atomic mass is 10.3. The smallest absolute Gasteiger partial charge is 0.219 e. The van der Waals surface area contributed by atoms with Crippen molar-refractivity contribution in [3.8, 4) is 11.6 Å². The minimum atomic E-state index is -1.03. The molecule has 1 aromatic carbocycles. The molecule has 1 N–H and O–H groups in total. The molecular formula is C15H13BrF2N2O. The van der Waals surface area contributed by atoms with E-state index in [9.17, 15) is 8.78 Å². The van der Waals surface area contributed by atoms with E-state index >= 15 is 0 Å². The normalized spacial score (nSPS) is 14.2. The quantitative estimate of drug-likeness (QED) is 0.818. The third-order valence-corrected chi connectivity index (χ3v) is 3.60. The zero-order valence-corrected chi connectivity index (χ0v) is 12.7. The lowest BCUT2D eigenvalue weighted by molar-refractivity contribution is 0.404. The van der Waals surface area contributed by atoms with Crippen molar-refractivity contribution in [2.45, 2.75) is 25.4 Å². The highest BCUT2D eigenvalue weighted by molar-refractivity contribution is 9.10. The van der Waals surface area contributed by atoms with Crippen LogP contribution in [0, 0.1) is 11.6 Å². The van der Waals surface area contributed by atoms with Crippen molar-refractivity contribution in [2.24, 2.45) is 0 Å². The number of aromatic nitrogens is 1. The molecule has 6 heteroatoms. The van der Waals surface area contributed by atoms with Gasteiger partial charge < -0.3 is 10.1 Å². The molecule has 0 atom stereocenters. The Morgan fingerprint density at radius 1 is 1.29 bits per heavy atom. The van der Waals surface area contributed by atoms with Gasteiger partial charge in [0.25, 0.3) is 0 Å². The Morgan fingerprint density at radius 3 is 2.76 bits per heavy atom. The van der Waals surface area contributed by atoms with E-state index in [1.165, 1.54) is 18.9 Å². The van der Waals surface area contributed by atoms with Crippen molar-refractivity contribution in [1.82, 2.24) is 10.3 Å². The Labute approximate surface area is 129 Å². The molecule has 0 amide bonds. The second kappa shape index (κ2) is 6.07. The maximum Gasteiger partial charge on any atom is 0.219 e. The molecule has 1 heterocycles. The van der Waals surface area contributed by atoms with Crippen LogP contribution in [0.15, 0.2) is 34.9 Å². The number of hydrogen-bond acceptors (Lipinski definition) is 3. The summed E-state index contributed by atoms with van der Waals surface area (Å²) in [5.41, 5.74) is 1.02. The molecule has 3 nitrogen and oxygen atoms in total. The van der Waals surface area contributed by atoms with Gasteiger partial charge in [-0.05, 0) is 30.5 Å². The molecule has 0 aliphatic heterocycles. The molecule has 110 valence electrons. The summed E-state index contributed by atoms with van der Waals surface area (Å²) in [5, 5.41) is 3.37. The minimum absolute atomic E-state index is 0.196. The molecule has 1 fully saturated rings. The number of halogens is 3. The van der Waals surface area contributed by atoms with E-state index < -0.39 is 11.6 Å². The van der Waals surface area contributed by atoms with Crippen LogP contribution < -0.4 is 10.1 Å². The first kappa shape index (κ1) is 14.4. The van der Waals surface area contributed by atoms with Crippen LogP contribution in [0.3, 0.4) is 0 Å². The van der Waals surface area contributed by atoms with E-state index in [-0.39, 0.29) is 11.6 Å². The summed E-state index contributed by atoms with van der Waals surface area (Å²) in [5.74, 6) is -1.97. The summed E-state index contributed by atoms with van der Waals surface area (Å²) >= 11 is 3.10. The molecule has 2 aromatic rings. The van der Waals surface area contributed by atoms with Crippen LogP contribution in [0.25, 0.3) is 0 Å². The first-order valence-electron chi connectivity index (χ1n) is 6.62. The van der Waals surface area contributed by atoms with Crippen LogP contribution in [0.4, 0.5) is 8.78 Å². The van der Waals surface area contributed by atoms with Gasteiger partial charge in [0, 0.05) is 29.3 Å². The second-order valence-corrected chi connectivity index (χ2v) is 5.88. The predicted octanol–water partition coefficient (Wildman–Crippen LogP) is 4.17. The van der Waals surface area contributed by atoms with Gasteiger partial charge in [0.05, 0.1) is 0 Å². The van der Waals surface area contributed by atoms with Gasteiger partial charge in [-0.2, -0.15) is 4.39 Å². The van der Waals surface area contributed by atoms with Gasteiger partial charge in [0.15, 0.2) is 11.6 Å². The van der Waals surface area contributed by atoms with Crippen LogP contribution in [0.2, 0.25) is 0 Å². The largest absolute Gasteiger partial charge is 0.436 e. The summed E-state index contributed by atoms with van der Waals surface area (Å²) in [6.45, 7) is 0.748. The lowest BCUT2D eigenvalue weighted by Crippen LogP contribution is -2.15. The molecule has 1 aliphatic rings. The van der Waals surface area contributed by atoms with Gasteiger partial charge >= 0.3 is 0 Å². The Kier molecular flexibility index (Phi) is 4.17. The first-order valence-corrected chi connectivity index (χ1v) is 7.42. The van der Waals surface area contributed by atoms with E-state index in [1.54, 1.807) is 12.3 Å². The van der Waals surface area contributed by atoms with Crippen LogP contribution in [0.5, 0.6) is 11.6 Å². The van der Waals surface area contributed by atoms with Crippen LogP contribution in [-0.4, -0.2) is 11.0 Å². The predicted molar refractivity (Wildman–Crippen MR) is 78.2 cm³/mol. The van der Waals surface area contributed by atoms with Gasteiger partial charge in [-0.1, -0.05) is 22.0 Å². The van der Waals surface area contributed by atoms with Crippen molar-refractivity contribution < 1.29 is 13.5 Å². The average molecular weight is 355 g/mol. The van der Waals surface area contributed by atoms with E-state index in [1.807, 2.05) is 6.07 Å². The van der Waals surface area contributed by atoms with Crippen molar-refractivity contribution in [2.75, 3.05) is 0 Å². The summed E-state index contributed by atoms with van der Waals surface area (Å²) in [7, 11) is 0. The maximum atomic E-state index is 13.6. The van der Waals surface area contributed by atoms with Gasteiger partial charge in [-0.25, -0.2) is 9.37 Å². The minimum Gasteiger partial charge on any atom is -0.436 e. The fourth-order valence-corrected chi connectivity index (χ4v) is 2.25. The molecule has 0 radical (unpaired) electrons. The molecule has 1 aliphatic carbocycles. The monoisotopic (exact) mass is 354 g/mol. The molecule has 0 bridgehead atoms. The number of nitrogens with one attached hydrogen (secondary N) is 1. The standard InChI is InChI=1S/C15H13BrF2N2O/c16-10-5-12(17)15(18)13(6-10)21-14-4-1-9(8-20-14)7-19-11-2-3-11/h1,4-6,8,11,19H,2-3,7H2. The topological polar surface area (TPSA) is 34.1 Å². The van der Waals surface area contributed by atoms with Crippen LogP contribution in [0.1, 0.15) is 18.4 Å². The molecule has 3 rings (SSSR count). The second-order valence-electron chi connectivity index (χ2n) is 4.96. The number of rotatable bonds is 5. The van der Waals surface area contributed by atoms with Crippen molar-refractivity contribution in [1.29, 1.82) is 0 Å². The third kappa shape index (κ3) is 3.77. The molecule has 0 saturated heterocycles. The summed E-state index contributed by atoms with van der Waals surface area (Å²) in [6.07, 6.45) is 4.11. The average Bonchev–Trinajstić information content (AvgIpc) is 3.28. The van der Waals surface area contributed by atoms with Crippen LogP contribution in [-0.2, 0) is 6.54 Å². The Balaban J connectivity index is 1.69. The van der Waals surface area contributed by atoms with Crippen LogP contribution >= 0.6 is 15.9 Å². The van der Waals surface area contributed by atoms with Gasteiger partial charge in [-0.3, -0.25) is 0 Å². The third-order valence-electron chi connectivity index (χ3n) is 3.14. The molecule has 0 spiro atoms. The Hall–Kier alpha value is -1.53. The molecule has 21 heavy (non-hydrogen) atoms. The highest BCUT2D eigenvalue weighted by Crippen LogP contribution is 2.28. The van der Waals surface area contributed by atoms with E-state index in [0.717, 1.165) is 18.2 Å². The van der Waals surface area contributed by atoms with E-state index in [0.29, 0.717) is 10.5 Å². The fraction of sp³-hybridized carbons (Fsp3) is 0.267. The van der Waals surface area contributed by atoms with E-state index in [4.69, 9.17) is 4.74 Å². The fourth-order valence-electron chi connectivity index (χ4n) is 1.84. The molecule has 1 saturated carbocycles. The van der Waals surface area contributed by atoms with Gasteiger partial charge in [-0.15, -0.1) is 0 Å². The van der Waals surface area contributed by atoms with Crippen molar-refractivity contribution in [3.63, 3.8) is 0 Å². The molecule has 0 unspecified atom stereocenters. The number of nitrogens with zero attached hydrogens (tertiary/aromatic N) is 1. The van der Waals surface area contributed by atoms with Crippen molar-refractivity contribution >= 4 is 15.9 Å². The molecule has 1 aromatic heterocycles. The number of pyridine rings is 1. The zero-order chi connectivity index (χ0) is 14.8. The summed E-state index contributed by atoms with van der Waals surface area (Å²) < 4.78 is 32.6. The van der Waals surface area contributed by atoms with Gasteiger partial charge in [0.2, 0.25) is 11.7 Å². The number of hydrogen-bond donors (Lipinski definition) is 1. The lowest BCUT2D eigenvalue weighted by Gasteiger charge is -2.08. The zero-order valence-electron chi connectivity index (χ0n) is 11.1. The summed E-state index contributed by atoms with van der Waals surface area (Å²) in [4.78, 5) is 4.11. The first-order chi connectivity index (χ1) is 10.1. The highest BCUT2D eigenvalue weighted by Gasteiger charge is 2.20. The SMILES string of the molecule is Fc1cc(Br)cc(Oc2ccc(CNC3CC3)cn2)c1F. The maximum absolute atomic E-state index is 13.6. The Morgan fingerprint density at radius 2 is 2.10 bits per heavy atom. The highest BCUT2D eigenvalue weighted by atomic mass is 79.9. The number of benzene rings is 1.